The van der Waals surface area contributed by atoms with E-state index in [0.29, 0.717) is 11.9 Å². The number of aromatic nitrogens is 3. The van der Waals surface area contributed by atoms with E-state index in [2.05, 4.69) is 25.8 Å². The predicted molar refractivity (Wildman–Crippen MR) is 127 cm³/mol. The topological polar surface area (TPSA) is 105 Å². The van der Waals surface area contributed by atoms with E-state index in [9.17, 15) is 18.0 Å². The second kappa shape index (κ2) is 9.25. The molecule has 0 fully saturated rings. The second-order valence-corrected chi connectivity index (χ2v) is 7.97. The fraction of sp³-hybridized carbons (Fsp3) is 0.160. The van der Waals surface area contributed by atoms with Gasteiger partial charge in [-0.3, -0.25) is 9.79 Å². The minimum absolute atomic E-state index is 0.0409. The molecule has 182 valence electrons. The zero-order chi connectivity index (χ0) is 25.3. The Morgan fingerprint density at radius 2 is 1.78 bits per heavy atom. The van der Waals surface area contributed by atoms with Gasteiger partial charge in [0.2, 0.25) is 0 Å². The van der Waals surface area contributed by atoms with Crippen molar-refractivity contribution < 1.29 is 22.4 Å². The molecule has 0 amide bonds. The van der Waals surface area contributed by atoms with Gasteiger partial charge in [-0.15, -0.1) is 5.10 Å². The van der Waals surface area contributed by atoms with Gasteiger partial charge in [0.15, 0.2) is 17.6 Å². The van der Waals surface area contributed by atoms with Crippen molar-refractivity contribution in [1.29, 1.82) is 0 Å². The number of carbonyl (C=O) groups excluding carboxylic acids is 1. The van der Waals surface area contributed by atoms with Gasteiger partial charge in [0.25, 0.3) is 5.89 Å². The first-order chi connectivity index (χ1) is 17.3. The number of halogens is 3. The van der Waals surface area contributed by atoms with E-state index in [0.717, 1.165) is 22.8 Å². The highest BCUT2D eigenvalue weighted by Crippen LogP contribution is 2.34. The summed E-state index contributed by atoms with van der Waals surface area (Å²) in [6.07, 6.45) is -4.75. The fourth-order valence-corrected chi connectivity index (χ4v) is 3.87. The maximum absolute atomic E-state index is 13.1. The van der Waals surface area contributed by atoms with Gasteiger partial charge in [-0.2, -0.15) is 13.2 Å². The molecule has 0 bridgehead atoms. The predicted octanol–water partition coefficient (Wildman–Crippen LogP) is 4.59. The highest BCUT2D eigenvalue weighted by molar-refractivity contribution is 6.16. The Morgan fingerprint density at radius 1 is 1.03 bits per heavy atom. The normalized spacial score (nSPS) is 15.6. The molecule has 11 heteroatoms. The van der Waals surface area contributed by atoms with Crippen molar-refractivity contribution in [3.63, 3.8) is 0 Å². The number of nitrogens with one attached hydrogen (secondary N) is 2. The van der Waals surface area contributed by atoms with E-state index in [-0.39, 0.29) is 35.5 Å². The van der Waals surface area contributed by atoms with E-state index >= 15 is 0 Å². The van der Waals surface area contributed by atoms with Gasteiger partial charge >= 0.3 is 12.2 Å². The Hall–Kier alpha value is -4.54. The Balaban J connectivity index is 1.47. The quantitative estimate of drug-likeness (QED) is 0.420. The van der Waals surface area contributed by atoms with E-state index in [1.165, 1.54) is 7.05 Å². The number of benzene rings is 2. The van der Waals surface area contributed by atoms with Crippen molar-refractivity contribution in [1.82, 2.24) is 15.2 Å². The highest BCUT2D eigenvalue weighted by Gasteiger charge is 2.32. The van der Waals surface area contributed by atoms with Crippen LogP contribution in [0.1, 0.15) is 22.3 Å². The zero-order valence-electron chi connectivity index (χ0n) is 18.9. The van der Waals surface area contributed by atoms with Crippen molar-refractivity contribution in [3.8, 4) is 11.6 Å². The maximum Gasteiger partial charge on any atom is 0.417 e. The highest BCUT2D eigenvalue weighted by atomic mass is 19.4. The van der Waals surface area contributed by atoms with Crippen LogP contribution in [0.4, 0.5) is 24.9 Å². The third kappa shape index (κ3) is 4.54. The van der Waals surface area contributed by atoms with Crippen LogP contribution in [0.15, 0.2) is 76.3 Å². The van der Waals surface area contributed by atoms with Gasteiger partial charge in [0, 0.05) is 30.8 Å². The Bertz CT molecular complexity index is 1450. The molecule has 0 spiro atoms. The minimum atomic E-state index is -4.55. The summed E-state index contributed by atoms with van der Waals surface area (Å²) in [5.41, 5.74) is 2.35. The molecule has 2 aromatic heterocycles. The van der Waals surface area contributed by atoms with Crippen molar-refractivity contribution in [2.24, 2.45) is 4.99 Å². The standard InChI is InChI=1S/C25H19F3N6O2/c1-29-18-12-16(25(26,27)28)13-30-21(18)23-33-34-24(36-23)32-22-19(35)11-15-9-5-6-10-17(15)20(31-22)14-7-3-2-4-8-14/h2-10,12-13,22,29H,11H2,1H3,(H,32,34)/t22-/m1/s1. The van der Waals surface area contributed by atoms with Gasteiger partial charge in [-0.25, -0.2) is 4.98 Å². The third-order valence-electron chi connectivity index (χ3n) is 5.62. The molecule has 4 aromatic rings. The average molecular weight is 492 g/mol. The summed E-state index contributed by atoms with van der Waals surface area (Å²) in [7, 11) is 1.46. The molecule has 5 rings (SSSR count). The molecule has 0 aliphatic carbocycles. The molecule has 2 aromatic carbocycles. The van der Waals surface area contributed by atoms with Gasteiger partial charge in [0.1, 0.15) is 0 Å². The average Bonchev–Trinajstić information content (AvgIpc) is 3.29. The molecule has 1 atom stereocenters. The number of pyridine rings is 1. The minimum Gasteiger partial charge on any atom is -0.402 e. The number of anilines is 2. The van der Waals surface area contributed by atoms with Gasteiger partial charge in [0.05, 0.1) is 17.0 Å². The van der Waals surface area contributed by atoms with E-state index in [1.807, 2.05) is 54.6 Å². The van der Waals surface area contributed by atoms with Gasteiger partial charge in [-0.1, -0.05) is 59.7 Å². The number of hydrogen-bond donors (Lipinski definition) is 2. The molecular formula is C25H19F3N6O2. The molecule has 0 saturated heterocycles. The molecule has 0 radical (unpaired) electrons. The molecule has 1 aliphatic heterocycles. The number of hydrogen-bond acceptors (Lipinski definition) is 8. The first-order valence-corrected chi connectivity index (χ1v) is 10.9. The molecule has 0 saturated carbocycles. The van der Waals surface area contributed by atoms with Crippen LogP contribution in [0.3, 0.4) is 0 Å². The lowest BCUT2D eigenvalue weighted by Crippen LogP contribution is -2.29. The molecule has 1 aliphatic rings. The van der Waals surface area contributed by atoms with E-state index < -0.39 is 17.9 Å². The first kappa shape index (κ1) is 23.2. The number of carbonyl (C=O) groups is 1. The first-order valence-electron chi connectivity index (χ1n) is 10.9. The van der Waals surface area contributed by atoms with Gasteiger partial charge < -0.3 is 15.1 Å². The SMILES string of the molecule is CNc1cc(C(F)(F)F)cnc1-c1nnc(N[C@H]2N=C(c3ccccc3)c3ccccc3CC2=O)o1. The summed E-state index contributed by atoms with van der Waals surface area (Å²) in [6.45, 7) is 0. The number of rotatable bonds is 5. The van der Waals surface area contributed by atoms with Crippen LogP contribution in [0.5, 0.6) is 0 Å². The maximum atomic E-state index is 13.1. The van der Waals surface area contributed by atoms with Crippen molar-refractivity contribution in [2.75, 3.05) is 17.7 Å². The number of Topliss-reactive ketones (excluding diaryl/α,β-unsaturated/α-hetero) is 1. The summed E-state index contributed by atoms with van der Waals surface area (Å²) < 4.78 is 44.8. The molecule has 8 nitrogen and oxygen atoms in total. The van der Waals surface area contributed by atoms with Crippen LogP contribution >= 0.6 is 0 Å². The lowest BCUT2D eigenvalue weighted by atomic mass is 9.96. The molecule has 2 N–H and O–H groups in total. The number of aliphatic imine (C=N–C) groups is 1. The molecule has 0 unspecified atom stereocenters. The Kier molecular flexibility index (Phi) is 5.96. The molecule has 3 heterocycles. The van der Waals surface area contributed by atoms with Crippen LogP contribution in [-0.2, 0) is 17.4 Å². The monoisotopic (exact) mass is 492 g/mol. The molecule has 36 heavy (non-hydrogen) atoms. The number of alkyl halides is 3. The zero-order valence-corrected chi connectivity index (χ0v) is 18.9. The lowest BCUT2D eigenvalue weighted by molar-refractivity contribution is -0.137. The van der Waals surface area contributed by atoms with Crippen LogP contribution < -0.4 is 10.6 Å². The smallest absolute Gasteiger partial charge is 0.402 e. The van der Waals surface area contributed by atoms with Crippen LogP contribution in [0, 0.1) is 0 Å². The third-order valence-corrected chi connectivity index (χ3v) is 5.62. The summed E-state index contributed by atoms with van der Waals surface area (Å²) >= 11 is 0. The van der Waals surface area contributed by atoms with Crippen molar-refractivity contribution in [2.45, 2.75) is 18.8 Å². The molecular weight excluding hydrogens is 473 g/mol. The summed E-state index contributed by atoms with van der Waals surface area (Å²) in [5, 5.41) is 13.3. The number of nitrogens with zero attached hydrogens (tertiary/aromatic N) is 4. The summed E-state index contributed by atoms with van der Waals surface area (Å²) in [6, 6.07) is 17.8. The lowest BCUT2D eigenvalue weighted by Gasteiger charge is -2.12. The van der Waals surface area contributed by atoms with Crippen LogP contribution in [-0.4, -0.2) is 39.9 Å². The number of fused-ring (bicyclic) bond motifs is 1. The second-order valence-electron chi connectivity index (χ2n) is 7.97. The largest absolute Gasteiger partial charge is 0.417 e. The Labute approximate surface area is 203 Å². The number of ketones is 1. The van der Waals surface area contributed by atoms with E-state index in [4.69, 9.17) is 9.41 Å². The van der Waals surface area contributed by atoms with E-state index in [1.54, 1.807) is 0 Å². The van der Waals surface area contributed by atoms with Crippen molar-refractivity contribution >= 4 is 23.2 Å². The fourth-order valence-electron chi connectivity index (χ4n) is 3.87. The van der Waals surface area contributed by atoms with Crippen LogP contribution in [0.25, 0.3) is 11.6 Å². The summed E-state index contributed by atoms with van der Waals surface area (Å²) in [5.74, 6) is -0.330. The van der Waals surface area contributed by atoms with Crippen LogP contribution in [0.2, 0.25) is 0 Å². The van der Waals surface area contributed by atoms with Gasteiger partial charge in [-0.05, 0) is 11.6 Å². The summed E-state index contributed by atoms with van der Waals surface area (Å²) in [4.78, 5) is 21.6. The Morgan fingerprint density at radius 3 is 2.53 bits per heavy atom. The van der Waals surface area contributed by atoms with Crippen molar-refractivity contribution in [3.05, 3.63) is 89.1 Å².